The van der Waals surface area contributed by atoms with Gasteiger partial charge in [0.2, 0.25) is 0 Å². The highest BCUT2D eigenvalue weighted by Crippen LogP contribution is 2.22. The van der Waals surface area contributed by atoms with Crippen LogP contribution in [0.1, 0.15) is 0 Å². The van der Waals surface area contributed by atoms with Crippen LogP contribution in [0, 0.1) is 0 Å². The maximum Gasteiger partial charge on any atom is 0.132 e. The molecular formula is C15H18Cl2N4. The molecule has 1 aromatic carbocycles. The molecule has 1 aromatic heterocycles. The van der Waals surface area contributed by atoms with E-state index in [1.54, 1.807) is 6.33 Å². The van der Waals surface area contributed by atoms with Crippen LogP contribution >= 0.6 is 24.0 Å². The van der Waals surface area contributed by atoms with Gasteiger partial charge in [0.15, 0.2) is 0 Å². The van der Waals surface area contributed by atoms with Crippen molar-refractivity contribution in [3.8, 4) is 11.3 Å². The fourth-order valence-corrected chi connectivity index (χ4v) is 2.46. The Morgan fingerprint density at radius 3 is 2.33 bits per heavy atom. The van der Waals surface area contributed by atoms with E-state index in [-0.39, 0.29) is 12.4 Å². The molecule has 0 N–H and O–H groups in total. The van der Waals surface area contributed by atoms with E-state index in [1.165, 1.54) is 0 Å². The summed E-state index contributed by atoms with van der Waals surface area (Å²) in [7, 11) is 2.15. The number of hydrogen-bond donors (Lipinski definition) is 0. The number of likely N-dealkylation sites (N-methyl/N-ethyl adjacent to an activating group) is 1. The number of hydrogen-bond acceptors (Lipinski definition) is 4. The lowest BCUT2D eigenvalue weighted by Gasteiger charge is -2.33. The summed E-state index contributed by atoms with van der Waals surface area (Å²) in [5.74, 6) is 0.998. The molecule has 1 fully saturated rings. The van der Waals surface area contributed by atoms with Gasteiger partial charge in [-0.25, -0.2) is 9.97 Å². The summed E-state index contributed by atoms with van der Waals surface area (Å²) in [4.78, 5) is 13.4. The van der Waals surface area contributed by atoms with Crippen LogP contribution in [0.2, 0.25) is 5.02 Å². The Morgan fingerprint density at radius 2 is 1.67 bits per heavy atom. The van der Waals surface area contributed by atoms with Gasteiger partial charge in [0.25, 0.3) is 0 Å². The van der Waals surface area contributed by atoms with E-state index in [0.29, 0.717) is 0 Å². The summed E-state index contributed by atoms with van der Waals surface area (Å²) in [6.07, 6.45) is 1.64. The van der Waals surface area contributed by atoms with E-state index in [4.69, 9.17) is 11.6 Å². The van der Waals surface area contributed by atoms with E-state index >= 15 is 0 Å². The van der Waals surface area contributed by atoms with Crippen molar-refractivity contribution in [2.24, 2.45) is 0 Å². The van der Waals surface area contributed by atoms with Crippen molar-refractivity contribution in [2.45, 2.75) is 0 Å². The van der Waals surface area contributed by atoms with Crippen LogP contribution in [0.4, 0.5) is 5.82 Å². The molecule has 1 aliphatic rings. The first-order valence-electron chi connectivity index (χ1n) is 6.74. The van der Waals surface area contributed by atoms with Crippen molar-refractivity contribution in [3.05, 3.63) is 41.7 Å². The van der Waals surface area contributed by atoms with Gasteiger partial charge in [-0.2, -0.15) is 0 Å². The Hall–Kier alpha value is -1.36. The molecule has 0 unspecified atom stereocenters. The van der Waals surface area contributed by atoms with Gasteiger partial charge in [-0.05, 0) is 19.2 Å². The summed E-state index contributed by atoms with van der Waals surface area (Å²) < 4.78 is 0. The van der Waals surface area contributed by atoms with Crippen molar-refractivity contribution < 1.29 is 0 Å². The van der Waals surface area contributed by atoms with Gasteiger partial charge < -0.3 is 9.80 Å². The predicted octanol–water partition coefficient (Wildman–Crippen LogP) is 2.97. The highest BCUT2D eigenvalue weighted by Gasteiger charge is 2.15. The van der Waals surface area contributed by atoms with Crippen LogP contribution in [0.25, 0.3) is 11.3 Å². The molecule has 0 spiro atoms. The molecule has 3 rings (SSSR count). The lowest BCUT2D eigenvalue weighted by atomic mass is 10.1. The van der Waals surface area contributed by atoms with Crippen LogP contribution in [-0.2, 0) is 0 Å². The van der Waals surface area contributed by atoms with Crippen molar-refractivity contribution in [2.75, 3.05) is 38.1 Å². The van der Waals surface area contributed by atoms with Crippen molar-refractivity contribution in [3.63, 3.8) is 0 Å². The second-order valence-electron chi connectivity index (χ2n) is 5.06. The van der Waals surface area contributed by atoms with Gasteiger partial charge in [0.05, 0.1) is 5.69 Å². The number of aromatic nitrogens is 2. The molecule has 0 amide bonds. The number of piperazine rings is 1. The monoisotopic (exact) mass is 324 g/mol. The van der Waals surface area contributed by atoms with Crippen molar-refractivity contribution in [1.82, 2.24) is 14.9 Å². The molecule has 6 heteroatoms. The average molecular weight is 325 g/mol. The van der Waals surface area contributed by atoms with Gasteiger partial charge in [-0.1, -0.05) is 23.7 Å². The minimum absolute atomic E-state index is 0. The van der Waals surface area contributed by atoms with Gasteiger partial charge >= 0.3 is 0 Å². The van der Waals surface area contributed by atoms with Crippen molar-refractivity contribution in [1.29, 1.82) is 0 Å². The number of rotatable bonds is 2. The summed E-state index contributed by atoms with van der Waals surface area (Å²) in [5.41, 5.74) is 2.00. The second-order valence-corrected chi connectivity index (χ2v) is 5.50. The normalized spacial score (nSPS) is 15.6. The fraction of sp³-hybridized carbons (Fsp3) is 0.333. The molecule has 112 valence electrons. The molecule has 0 atom stereocenters. The Kier molecular flexibility index (Phi) is 5.39. The third kappa shape index (κ3) is 3.84. The summed E-state index contributed by atoms with van der Waals surface area (Å²) in [5, 5.41) is 0.738. The molecule has 1 aliphatic heterocycles. The Morgan fingerprint density at radius 1 is 1.00 bits per heavy atom. The lowest BCUT2D eigenvalue weighted by Crippen LogP contribution is -2.44. The van der Waals surface area contributed by atoms with Gasteiger partial charge in [0.1, 0.15) is 12.1 Å². The zero-order chi connectivity index (χ0) is 13.9. The Labute approximate surface area is 136 Å². The smallest absolute Gasteiger partial charge is 0.132 e. The van der Waals surface area contributed by atoms with E-state index < -0.39 is 0 Å². The third-order valence-corrected chi connectivity index (χ3v) is 3.87. The number of nitrogens with zero attached hydrogens (tertiary/aromatic N) is 4. The molecule has 21 heavy (non-hydrogen) atoms. The molecule has 0 bridgehead atoms. The zero-order valence-electron chi connectivity index (χ0n) is 11.9. The Bertz CT molecular complexity index is 580. The van der Waals surface area contributed by atoms with Crippen LogP contribution in [0.3, 0.4) is 0 Å². The third-order valence-electron chi connectivity index (χ3n) is 3.62. The van der Waals surface area contributed by atoms with E-state index in [1.807, 2.05) is 24.3 Å². The number of halogens is 2. The standard InChI is InChI=1S/C15H17ClN4.ClH/c1-19-6-8-20(9-7-19)15-10-14(17-11-18-15)12-2-4-13(16)5-3-12;/h2-5,10-11H,6-9H2,1H3;1H. The highest BCUT2D eigenvalue weighted by atomic mass is 35.5. The average Bonchev–Trinajstić information content (AvgIpc) is 2.49. The molecule has 0 saturated carbocycles. The largest absolute Gasteiger partial charge is 0.354 e. The Balaban J connectivity index is 0.00000161. The minimum atomic E-state index is 0. The van der Waals surface area contributed by atoms with Crippen LogP contribution in [0.5, 0.6) is 0 Å². The van der Waals surface area contributed by atoms with Crippen LogP contribution in [0.15, 0.2) is 36.7 Å². The zero-order valence-corrected chi connectivity index (χ0v) is 13.4. The molecule has 2 heterocycles. The summed E-state index contributed by atoms with van der Waals surface area (Å²) in [6.45, 7) is 4.15. The first-order chi connectivity index (χ1) is 9.72. The van der Waals surface area contributed by atoms with Gasteiger partial charge in [-0.3, -0.25) is 0 Å². The first-order valence-corrected chi connectivity index (χ1v) is 7.12. The second kappa shape index (κ2) is 7.07. The van der Waals surface area contributed by atoms with E-state index in [9.17, 15) is 0 Å². The number of benzene rings is 1. The molecule has 0 radical (unpaired) electrons. The van der Waals surface area contributed by atoms with Crippen molar-refractivity contribution >= 4 is 29.8 Å². The highest BCUT2D eigenvalue weighted by molar-refractivity contribution is 6.30. The first kappa shape index (κ1) is 16.0. The molecule has 2 aromatic rings. The quantitative estimate of drug-likeness (QED) is 0.850. The van der Waals surface area contributed by atoms with Gasteiger partial charge in [0, 0.05) is 42.8 Å². The summed E-state index contributed by atoms with van der Waals surface area (Å²) in [6, 6.07) is 9.79. The van der Waals surface area contributed by atoms with Crippen LogP contribution < -0.4 is 4.90 Å². The molecule has 4 nitrogen and oxygen atoms in total. The van der Waals surface area contributed by atoms with Crippen LogP contribution in [-0.4, -0.2) is 48.1 Å². The van der Waals surface area contributed by atoms with E-state index in [2.05, 4.69) is 32.9 Å². The fourth-order valence-electron chi connectivity index (χ4n) is 2.33. The lowest BCUT2D eigenvalue weighted by molar-refractivity contribution is 0.312. The minimum Gasteiger partial charge on any atom is -0.354 e. The maximum atomic E-state index is 5.92. The molecule has 0 aliphatic carbocycles. The molecule has 1 saturated heterocycles. The maximum absolute atomic E-state index is 5.92. The predicted molar refractivity (Wildman–Crippen MR) is 89.4 cm³/mol. The van der Waals surface area contributed by atoms with E-state index in [0.717, 1.165) is 48.3 Å². The topological polar surface area (TPSA) is 32.3 Å². The number of anilines is 1. The molecular weight excluding hydrogens is 307 g/mol. The SMILES string of the molecule is CN1CCN(c2cc(-c3ccc(Cl)cc3)ncn2)CC1.Cl. The van der Waals surface area contributed by atoms with Gasteiger partial charge in [-0.15, -0.1) is 12.4 Å². The summed E-state index contributed by atoms with van der Waals surface area (Å²) >= 11 is 5.92.